The summed E-state index contributed by atoms with van der Waals surface area (Å²) in [6.45, 7) is 1.40. The van der Waals surface area contributed by atoms with E-state index in [1.807, 2.05) is 6.92 Å². The van der Waals surface area contributed by atoms with Crippen LogP contribution in [0, 0.1) is 0 Å². The van der Waals surface area contributed by atoms with Gasteiger partial charge in [0.2, 0.25) is 5.78 Å². The maximum absolute atomic E-state index is 13.2. The van der Waals surface area contributed by atoms with E-state index in [0.29, 0.717) is 47.6 Å². The molecule has 0 saturated carbocycles. The Morgan fingerprint density at radius 2 is 1.84 bits per heavy atom. The summed E-state index contributed by atoms with van der Waals surface area (Å²) < 4.78 is 62.9. The first-order chi connectivity index (χ1) is 18.0. The first-order valence-corrected chi connectivity index (χ1v) is 13.0. The van der Waals surface area contributed by atoms with Gasteiger partial charge in [0.25, 0.3) is 5.91 Å². The molecular weight excluding hydrogens is 527 g/mol. The van der Waals surface area contributed by atoms with Crippen molar-refractivity contribution in [1.82, 2.24) is 24.0 Å². The average Bonchev–Trinajstić information content (AvgIpc) is 3.29. The number of aryl methyl sites for hydroxylation is 2. The van der Waals surface area contributed by atoms with E-state index in [0.717, 1.165) is 5.56 Å². The Morgan fingerprint density at radius 1 is 1.13 bits per heavy atom. The number of nitrogens with one attached hydrogen (secondary N) is 1. The van der Waals surface area contributed by atoms with Crippen molar-refractivity contribution >= 4 is 39.5 Å². The molecule has 38 heavy (non-hydrogen) atoms. The molecule has 202 valence electrons. The highest BCUT2D eigenvalue weighted by Gasteiger charge is 2.50. The average molecular weight is 552 g/mol. The highest BCUT2D eigenvalue weighted by Crippen LogP contribution is 2.27. The molecule has 0 aliphatic carbocycles. The minimum atomic E-state index is -5.48. The van der Waals surface area contributed by atoms with Crippen LogP contribution in [-0.2, 0) is 22.9 Å². The monoisotopic (exact) mass is 551 g/mol. The number of aromatic nitrogens is 3. The second kappa shape index (κ2) is 10.4. The van der Waals surface area contributed by atoms with Crippen LogP contribution in [0.5, 0.6) is 0 Å². The zero-order valence-electron chi connectivity index (χ0n) is 20.4. The quantitative estimate of drug-likeness (QED) is 0.426. The summed E-state index contributed by atoms with van der Waals surface area (Å²) in [6, 6.07) is 6.90. The third-order valence-electron chi connectivity index (χ3n) is 5.97. The lowest BCUT2D eigenvalue weighted by Gasteiger charge is -2.29. The van der Waals surface area contributed by atoms with Gasteiger partial charge in [-0.2, -0.15) is 26.7 Å². The van der Waals surface area contributed by atoms with Gasteiger partial charge in [-0.25, -0.2) is 14.3 Å². The number of anilines is 1. The van der Waals surface area contributed by atoms with Gasteiger partial charge < -0.3 is 5.32 Å². The van der Waals surface area contributed by atoms with Crippen molar-refractivity contribution in [3.05, 3.63) is 59.2 Å². The van der Waals surface area contributed by atoms with Gasteiger partial charge in [0.15, 0.2) is 5.78 Å². The molecule has 0 bridgehead atoms. The van der Waals surface area contributed by atoms with E-state index in [9.17, 15) is 31.2 Å². The summed E-state index contributed by atoms with van der Waals surface area (Å²) in [5.74, 6) is -0.177. The fourth-order valence-corrected chi connectivity index (χ4v) is 4.69. The van der Waals surface area contributed by atoms with Gasteiger partial charge in [-0.1, -0.05) is 19.1 Å². The number of ketones is 1. The Bertz CT molecular complexity index is 1500. The summed E-state index contributed by atoms with van der Waals surface area (Å²) in [5.41, 5.74) is -2.76. The molecule has 0 unspecified atom stereocenters. The maximum atomic E-state index is 13.2. The number of hydrogen-bond acceptors (Lipinski definition) is 8. The van der Waals surface area contributed by atoms with Crippen molar-refractivity contribution < 1.29 is 31.2 Å². The van der Waals surface area contributed by atoms with E-state index < -0.39 is 22.1 Å². The lowest BCUT2D eigenvalue weighted by atomic mass is 10.0. The molecule has 0 fully saturated rings. The summed E-state index contributed by atoms with van der Waals surface area (Å²) in [7, 11) is -3.98. The van der Waals surface area contributed by atoms with E-state index in [1.54, 1.807) is 24.3 Å². The number of Topliss-reactive ketones (excluding diaryl/α,β-unsaturated/α-hetero) is 1. The molecule has 4 rings (SSSR count). The number of benzene rings is 1. The Morgan fingerprint density at radius 3 is 2.42 bits per heavy atom. The minimum Gasteiger partial charge on any atom is -0.355 e. The number of rotatable bonds is 8. The van der Waals surface area contributed by atoms with Crippen LogP contribution in [0.15, 0.2) is 41.8 Å². The smallest absolute Gasteiger partial charge is 0.355 e. The van der Waals surface area contributed by atoms with Crippen molar-refractivity contribution in [2.24, 2.45) is 5.10 Å². The van der Waals surface area contributed by atoms with Crippen LogP contribution >= 0.6 is 0 Å². The van der Waals surface area contributed by atoms with Crippen LogP contribution in [0.4, 0.5) is 18.9 Å². The van der Waals surface area contributed by atoms with Crippen LogP contribution in [-0.4, -0.2) is 70.8 Å². The van der Waals surface area contributed by atoms with Gasteiger partial charge in [-0.3, -0.25) is 19.0 Å². The molecular formula is C23H24F3N7O4S. The van der Waals surface area contributed by atoms with Gasteiger partial charge in [0.05, 0.1) is 30.0 Å². The van der Waals surface area contributed by atoms with Crippen molar-refractivity contribution in [2.75, 3.05) is 25.1 Å². The fourth-order valence-electron chi connectivity index (χ4n) is 3.93. The molecule has 0 saturated heterocycles. The number of amides is 1. The molecule has 11 nitrogen and oxygen atoms in total. The van der Waals surface area contributed by atoms with Crippen LogP contribution in [0.3, 0.4) is 0 Å². The van der Waals surface area contributed by atoms with Gasteiger partial charge in [0.1, 0.15) is 12.0 Å². The molecule has 0 spiro atoms. The first-order valence-electron chi connectivity index (χ1n) is 11.6. The fraction of sp³-hybridized carbons (Fsp3) is 0.348. The van der Waals surface area contributed by atoms with Crippen LogP contribution in [0.2, 0.25) is 0 Å². The van der Waals surface area contributed by atoms with Crippen molar-refractivity contribution in [2.45, 2.75) is 31.7 Å². The Balaban J connectivity index is 1.45. The third-order valence-corrected chi connectivity index (χ3v) is 7.45. The van der Waals surface area contributed by atoms with Gasteiger partial charge in [0, 0.05) is 25.9 Å². The first kappa shape index (κ1) is 27.0. The number of hydrogen-bond donors (Lipinski definition) is 1. The highest BCUT2D eigenvalue weighted by atomic mass is 32.2. The second-order valence-electron chi connectivity index (χ2n) is 8.36. The second-order valence-corrected chi connectivity index (χ2v) is 10.2. The van der Waals surface area contributed by atoms with Gasteiger partial charge in [-0.15, -0.1) is 0 Å². The molecule has 15 heteroatoms. The van der Waals surface area contributed by atoms with E-state index in [1.165, 1.54) is 28.9 Å². The summed E-state index contributed by atoms with van der Waals surface area (Å²) in [6.07, 6.45) is 4.65. The molecule has 1 aliphatic rings. The topological polar surface area (TPSA) is 129 Å². The number of halogens is 3. The Hall–Kier alpha value is -4.01. The molecule has 0 atom stereocenters. The molecule has 2 aromatic heterocycles. The van der Waals surface area contributed by atoms with Crippen LogP contribution in [0.1, 0.15) is 45.4 Å². The number of sulfonamides is 1. The minimum absolute atomic E-state index is 0.0657. The number of imidazole rings is 1. The molecule has 1 aliphatic heterocycles. The predicted molar refractivity (Wildman–Crippen MR) is 132 cm³/mol. The predicted octanol–water partition coefficient (Wildman–Crippen LogP) is 2.38. The van der Waals surface area contributed by atoms with E-state index in [-0.39, 0.29) is 29.0 Å². The van der Waals surface area contributed by atoms with Gasteiger partial charge in [-0.05, 0) is 30.5 Å². The standard InChI is InChI=1S/C23H24F3N7O4S/c1-3-18-20(32-13-16(21(35)27-2)12-28-22(32)30-18)19(34)9-6-15-4-7-17(8-5-15)33-11-10-31(14-29-33)38(36,37)23(24,25)26/h4-5,7-8,12-14H,3,6,9-11H2,1-2H3,(H,27,35). The summed E-state index contributed by atoms with van der Waals surface area (Å²) in [5, 5.41) is 7.74. The molecule has 1 amide bonds. The maximum Gasteiger partial charge on any atom is 0.516 e. The highest BCUT2D eigenvalue weighted by molar-refractivity contribution is 7.90. The van der Waals surface area contributed by atoms with E-state index >= 15 is 0 Å². The van der Waals surface area contributed by atoms with Crippen molar-refractivity contribution in [3.8, 4) is 0 Å². The van der Waals surface area contributed by atoms with Gasteiger partial charge >= 0.3 is 15.5 Å². The molecule has 3 heterocycles. The lowest BCUT2D eigenvalue weighted by molar-refractivity contribution is -0.0471. The van der Waals surface area contributed by atoms with Crippen molar-refractivity contribution in [3.63, 3.8) is 0 Å². The van der Waals surface area contributed by atoms with Crippen molar-refractivity contribution in [1.29, 1.82) is 0 Å². The SMILES string of the molecule is CCc1nc2ncc(C(=O)NC)cn2c1C(=O)CCc1ccc(N2CCN(S(=O)(=O)C(F)(F)F)C=N2)cc1. The van der Waals surface area contributed by atoms with E-state index in [2.05, 4.69) is 20.4 Å². The normalized spacial score (nSPS) is 14.2. The lowest BCUT2D eigenvalue weighted by Crippen LogP contribution is -2.46. The molecule has 1 N–H and O–H groups in total. The zero-order chi connectivity index (χ0) is 27.7. The number of fused-ring (bicyclic) bond motifs is 1. The van der Waals surface area contributed by atoms with E-state index in [4.69, 9.17) is 0 Å². The van der Waals surface area contributed by atoms with Crippen LogP contribution in [0.25, 0.3) is 5.78 Å². The largest absolute Gasteiger partial charge is 0.516 e. The summed E-state index contributed by atoms with van der Waals surface area (Å²) >= 11 is 0. The third kappa shape index (κ3) is 5.18. The molecule has 3 aromatic rings. The zero-order valence-corrected chi connectivity index (χ0v) is 21.3. The molecule has 0 radical (unpaired) electrons. The molecule has 1 aromatic carbocycles. The van der Waals surface area contributed by atoms with Crippen LogP contribution < -0.4 is 10.3 Å². The number of alkyl halides is 3. The Labute approximate surface area is 216 Å². The summed E-state index contributed by atoms with van der Waals surface area (Å²) in [4.78, 5) is 33.8. The number of carbonyl (C=O) groups excluding carboxylic acids is 2. The Kier molecular flexibility index (Phi) is 7.40. The number of hydrazone groups is 1. The number of carbonyl (C=O) groups is 2. The number of nitrogens with zero attached hydrogens (tertiary/aromatic N) is 6.